The molecule has 2 nitrogen and oxygen atoms in total. The van der Waals surface area contributed by atoms with Gasteiger partial charge >= 0.3 is 5.97 Å². The maximum Gasteiger partial charge on any atom is 0.316 e. The van der Waals surface area contributed by atoms with E-state index in [0.717, 1.165) is 12.0 Å². The first-order valence-corrected chi connectivity index (χ1v) is 4.07. The van der Waals surface area contributed by atoms with Crippen LogP contribution in [-0.2, 0) is 9.53 Å². The summed E-state index contributed by atoms with van der Waals surface area (Å²) < 4.78 is 4.68. The van der Waals surface area contributed by atoms with E-state index in [0.29, 0.717) is 0 Å². The van der Waals surface area contributed by atoms with Gasteiger partial charge in [0, 0.05) is 0 Å². The summed E-state index contributed by atoms with van der Waals surface area (Å²) in [5, 5.41) is 0. The molecule has 0 spiro atoms. The molecule has 0 aromatic rings. The predicted octanol–water partition coefficient (Wildman–Crippen LogP) is 2.07. The van der Waals surface area contributed by atoms with Crippen molar-refractivity contribution in [1.82, 2.24) is 0 Å². The van der Waals surface area contributed by atoms with E-state index < -0.39 is 0 Å². The normalized spacial score (nSPS) is 22.8. The van der Waals surface area contributed by atoms with Crippen molar-refractivity contribution < 1.29 is 9.53 Å². The molecule has 2 heteroatoms. The van der Waals surface area contributed by atoms with Crippen molar-refractivity contribution in [2.75, 3.05) is 7.11 Å². The summed E-state index contributed by atoms with van der Waals surface area (Å²) in [7, 11) is 1.42. The Bertz CT molecular complexity index is 249. The van der Waals surface area contributed by atoms with E-state index >= 15 is 0 Å². The number of ether oxygens (including phenoxy) is 1. The van der Waals surface area contributed by atoms with Crippen molar-refractivity contribution >= 4 is 5.97 Å². The van der Waals surface area contributed by atoms with E-state index in [9.17, 15) is 4.79 Å². The topological polar surface area (TPSA) is 26.3 Å². The molecule has 0 fully saturated rings. The lowest BCUT2D eigenvalue weighted by atomic mass is 9.90. The van der Waals surface area contributed by atoms with Gasteiger partial charge in [-0.15, -0.1) is 0 Å². The van der Waals surface area contributed by atoms with Crippen LogP contribution in [-0.4, -0.2) is 13.1 Å². The monoisotopic (exact) mass is 166 g/mol. The van der Waals surface area contributed by atoms with E-state index in [2.05, 4.69) is 11.7 Å². The molecule has 1 aliphatic carbocycles. The van der Waals surface area contributed by atoms with Gasteiger partial charge in [-0.1, -0.05) is 23.3 Å². The Balaban J connectivity index is 2.84. The fourth-order valence-electron chi connectivity index (χ4n) is 1.33. The zero-order chi connectivity index (χ0) is 9.14. The summed E-state index contributed by atoms with van der Waals surface area (Å²) in [6.45, 7) is 4.04. The Hall–Kier alpha value is -1.05. The van der Waals surface area contributed by atoms with E-state index in [4.69, 9.17) is 0 Å². The molecule has 0 saturated carbocycles. The summed E-state index contributed by atoms with van der Waals surface area (Å²) in [5.74, 6) is -0.313. The third-order valence-corrected chi connectivity index (χ3v) is 2.35. The molecular formula is C10H14O2. The number of rotatable bonds is 1. The minimum atomic E-state index is -0.164. The van der Waals surface area contributed by atoms with Crippen LogP contribution < -0.4 is 0 Å². The van der Waals surface area contributed by atoms with Crippen LogP contribution in [0.3, 0.4) is 0 Å². The van der Waals surface area contributed by atoms with E-state index in [1.165, 1.54) is 12.7 Å². The summed E-state index contributed by atoms with van der Waals surface area (Å²) in [6.07, 6.45) is 4.89. The molecule has 0 unspecified atom stereocenters. The van der Waals surface area contributed by atoms with Crippen LogP contribution >= 0.6 is 0 Å². The first-order chi connectivity index (χ1) is 5.66. The molecule has 1 rings (SSSR count). The number of hydrogen-bond donors (Lipinski definition) is 0. The molecule has 66 valence electrons. The molecule has 0 amide bonds. The van der Waals surface area contributed by atoms with Gasteiger partial charge in [0.1, 0.15) is 0 Å². The van der Waals surface area contributed by atoms with Crippen LogP contribution in [0.15, 0.2) is 23.3 Å². The summed E-state index contributed by atoms with van der Waals surface area (Å²) in [6, 6.07) is 0. The number of esters is 1. The van der Waals surface area contributed by atoms with Crippen LogP contribution in [0.2, 0.25) is 0 Å². The van der Waals surface area contributed by atoms with E-state index in [1.807, 2.05) is 19.1 Å². The van der Waals surface area contributed by atoms with Crippen molar-refractivity contribution in [3.8, 4) is 0 Å². The fourth-order valence-corrected chi connectivity index (χ4v) is 1.33. The molecule has 12 heavy (non-hydrogen) atoms. The maximum atomic E-state index is 11.2. The predicted molar refractivity (Wildman–Crippen MR) is 47.6 cm³/mol. The Morgan fingerprint density at radius 2 is 2.25 bits per heavy atom. The molecule has 0 saturated heterocycles. The number of methoxy groups -OCH3 is 1. The van der Waals surface area contributed by atoms with Gasteiger partial charge in [0.15, 0.2) is 0 Å². The number of allylic oxidation sites excluding steroid dienone is 2. The molecule has 0 N–H and O–H groups in total. The van der Waals surface area contributed by atoms with Gasteiger partial charge in [0.05, 0.1) is 13.0 Å². The first kappa shape index (κ1) is 9.04. The molecule has 0 radical (unpaired) electrons. The van der Waals surface area contributed by atoms with Crippen LogP contribution in [0.1, 0.15) is 20.3 Å². The van der Waals surface area contributed by atoms with Crippen molar-refractivity contribution in [2.24, 2.45) is 5.92 Å². The number of carbonyl (C=O) groups is 1. The SMILES string of the molecule is COC(=O)[C@@H]1C=CCC(C)=C1C. The third kappa shape index (κ3) is 1.58. The Labute approximate surface area is 72.9 Å². The largest absolute Gasteiger partial charge is 0.468 e. The molecule has 0 heterocycles. The van der Waals surface area contributed by atoms with Gasteiger partial charge in [-0.2, -0.15) is 0 Å². The van der Waals surface area contributed by atoms with Gasteiger partial charge < -0.3 is 4.74 Å². The average molecular weight is 166 g/mol. The van der Waals surface area contributed by atoms with Gasteiger partial charge in [-0.05, 0) is 20.3 Å². The minimum Gasteiger partial charge on any atom is -0.468 e. The van der Waals surface area contributed by atoms with Crippen molar-refractivity contribution in [3.63, 3.8) is 0 Å². The van der Waals surface area contributed by atoms with Crippen LogP contribution in [0.5, 0.6) is 0 Å². The zero-order valence-electron chi connectivity index (χ0n) is 7.76. The highest BCUT2D eigenvalue weighted by Gasteiger charge is 2.21. The van der Waals surface area contributed by atoms with E-state index in [-0.39, 0.29) is 11.9 Å². The summed E-state index contributed by atoms with van der Waals surface area (Å²) in [4.78, 5) is 11.2. The minimum absolute atomic E-state index is 0.149. The van der Waals surface area contributed by atoms with Crippen LogP contribution in [0.4, 0.5) is 0 Å². The standard InChI is InChI=1S/C10H14O2/c1-7-5-4-6-9(8(7)2)10(11)12-3/h4,6,9H,5H2,1-3H3/t9-/m1/s1. The van der Waals surface area contributed by atoms with Gasteiger partial charge in [0.25, 0.3) is 0 Å². The lowest BCUT2D eigenvalue weighted by molar-refractivity contribution is -0.142. The highest BCUT2D eigenvalue weighted by Crippen LogP contribution is 2.24. The average Bonchev–Trinajstić information content (AvgIpc) is 2.08. The fraction of sp³-hybridized carbons (Fsp3) is 0.500. The highest BCUT2D eigenvalue weighted by molar-refractivity contribution is 5.78. The number of hydrogen-bond acceptors (Lipinski definition) is 2. The quantitative estimate of drug-likeness (QED) is 0.440. The molecular weight excluding hydrogens is 152 g/mol. The molecule has 0 bridgehead atoms. The second-order valence-corrected chi connectivity index (χ2v) is 3.10. The number of carbonyl (C=O) groups excluding carboxylic acids is 1. The van der Waals surface area contributed by atoms with Gasteiger partial charge in [-0.25, -0.2) is 0 Å². The summed E-state index contributed by atoms with van der Waals surface area (Å²) >= 11 is 0. The lowest BCUT2D eigenvalue weighted by Gasteiger charge is -2.17. The van der Waals surface area contributed by atoms with Crippen molar-refractivity contribution in [2.45, 2.75) is 20.3 Å². The van der Waals surface area contributed by atoms with Crippen LogP contribution in [0, 0.1) is 5.92 Å². The molecule has 1 aliphatic rings. The molecule has 1 atom stereocenters. The molecule has 0 aromatic carbocycles. The highest BCUT2D eigenvalue weighted by atomic mass is 16.5. The van der Waals surface area contributed by atoms with Crippen molar-refractivity contribution in [1.29, 1.82) is 0 Å². The first-order valence-electron chi connectivity index (χ1n) is 4.07. The van der Waals surface area contributed by atoms with Gasteiger partial charge in [0.2, 0.25) is 0 Å². The smallest absolute Gasteiger partial charge is 0.316 e. The van der Waals surface area contributed by atoms with Crippen molar-refractivity contribution in [3.05, 3.63) is 23.3 Å². The summed E-state index contributed by atoms with van der Waals surface area (Å²) in [5.41, 5.74) is 2.40. The Morgan fingerprint density at radius 1 is 1.58 bits per heavy atom. The molecule has 0 aromatic heterocycles. The maximum absolute atomic E-state index is 11.2. The van der Waals surface area contributed by atoms with Crippen LogP contribution in [0.25, 0.3) is 0 Å². The van der Waals surface area contributed by atoms with Gasteiger partial charge in [-0.3, -0.25) is 4.79 Å². The second-order valence-electron chi connectivity index (χ2n) is 3.10. The third-order valence-electron chi connectivity index (χ3n) is 2.35. The lowest BCUT2D eigenvalue weighted by Crippen LogP contribution is -2.17. The Morgan fingerprint density at radius 3 is 2.83 bits per heavy atom. The zero-order valence-corrected chi connectivity index (χ0v) is 7.76. The van der Waals surface area contributed by atoms with E-state index in [1.54, 1.807) is 0 Å². The second kappa shape index (κ2) is 3.57. The Kier molecular flexibility index (Phi) is 2.69. The molecule has 0 aliphatic heterocycles.